The van der Waals surface area contributed by atoms with Gasteiger partial charge in [-0.1, -0.05) is 30.3 Å². The summed E-state index contributed by atoms with van der Waals surface area (Å²) in [4.78, 5) is 33.2. The van der Waals surface area contributed by atoms with Crippen LogP contribution in [0.5, 0.6) is 0 Å². The summed E-state index contributed by atoms with van der Waals surface area (Å²) >= 11 is 0. The number of alkyl halides is 3. The van der Waals surface area contributed by atoms with Gasteiger partial charge >= 0.3 is 6.18 Å². The van der Waals surface area contributed by atoms with E-state index < -0.39 is 11.7 Å². The van der Waals surface area contributed by atoms with Gasteiger partial charge in [0.25, 0.3) is 11.8 Å². The van der Waals surface area contributed by atoms with E-state index in [-0.39, 0.29) is 17.4 Å². The number of aromatic nitrogens is 1. The van der Waals surface area contributed by atoms with E-state index in [1.807, 2.05) is 23.1 Å². The van der Waals surface area contributed by atoms with Crippen LogP contribution in [0, 0.1) is 0 Å². The van der Waals surface area contributed by atoms with Gasteiger partial charge in [-0.25, -0.2) is 4.98 Å². The molecule has 9 heteroatoms. The molecule has 1 N–H and O–H groups in total. The molecule has 1 aliphatic heterocycles. The van der Waals surface area contributed by atoms with Crippen LogP contribution >= 0.6 is 0 Å². The summed E-state index contributed by atoms with van der Waals surface area (Å²) in [6, 6.07) is 18.1. The lowest BCUT2D eigenvalue weighted by Gasteiger charge is -2.35. The number of nitrogens with zero attached hydrogens (tertiary/aromatic N) is 3. The van der Waals surface area contributed by atoms with Crippen molar-refractivity contribution < 1.29 is 22.8 Å². The molecule has 1 saturated heterocycles. The van der Waals surface area contributed by atoms with Crippen LogP contribution in [0.4, 0.5) is 19.0 Å². The molecule has 1 fully saturated rings. The third-order valence-electron chi connectivity index (χ3n) is 6.38. The molecular weight excluding hydrogens is 481 g/mol. The second-order valence-corrected chi connectivity index (χ2v) is 8.96. The van der Waals surface area contributed by atoms with Crippen LogP contribution in [0.1, 0.15) is 44.7 Å². The van der Waals surface area contributed by atoms with Gasteiger partial charge in [0.1, 0.15) is 5.82 Å². The highest BCUT2D eigenvalue weighted by Crippen LogP contribution is 2.29. The first-order valence-electron chi connectivity index (χ1n) is 12.3. The maximum Gasteiger partial charge on any atom is 0.416 e. The van der Waals surface area contributed by atoms with E-state index in [1.54, 1.807) is 23.2 Å². The first-order chi connectivity index (χ1) is 17.8. The van der Waals surface area contributed by atoms with Gasteiger partial charge in [-0.2, -0.15) is 13.2 Å². The molecule has 4 rings (SSSR count). The highest BCUT2D eigenvalue weighted by Gasteiger charge is 2.31. The second kappa shape index (κ2) is 11.9. The minimum Gasteiger partial charge on any atom is -0.353 e. The molecule has 0 radical (unpaired) electrons. The van der Waals surface area contributed by atoms with Gasteiger partial charge in [-0.05, 0) is 61.2 Å². The van der Waals surface area contributed by atoms with Crippen molar-refractivity contribution in [3.05, 3.63) is 95.2 Å². The van der Waals surface area contributed by atoms with E-state index >= 15 is 0 Å². The van der Waals surface area contributed by atoms with Crippen LogP contribution in [-0.2, 0) is 12.6 Å². The molecule has 0 bridgehead atoms. The van der Waals surface area contributed by atoms with Crippen LogP contribution in [-0.4, -0.2) is 54.4 Å². The van der Waals surface area contributed by atoms with E-state index in [4.69, 9.17) is 0 Å². The molecular formula is C28H29F3N4O2. The summed E-state index contributed by atoms with van der Waals surface area (Å²) in [5.74, 6) is 0.254. The van der Waals surface area contributed by atoms with Gasteiger partial charge in [-0.3, -0.25) is 9.59 Å². The molecule has 6 nitrogen and oxygen atoms in total. The minimum absolute atomic E-state index is 0.161. The largest absolute Gasteiger partial charge is 0.416 e. The van der Waals surface area contributed by atoms with Crippen molar-refractivity contribution in [2.75, 3.05) is 37.6 Å². The Morgan fingerprint density at radius 2 is 1.51 bits per heavy atom. The highest BCUT2D eigenvalue weighted by atomic mass is 19.4. The number of anilines is 1. The van der Waals surface area contributed by atoms with Gasteiger partial charge in [0.15, 0.2) is 0 Å². The molecule has 1 aliphatic rings. The number of aryl methyl sites for hydroxylation is 1. The fraction of sp³-hybridized carbons (Fsp3) is 0.321. The van der Waals surface area contributed by atoms with Gasteiger partial charge < -0.3 is 15.1 Å². The first-order valence-corrected chi connectivity index (χ1v) is 12.3. The topological polar surface area (TPSA) is 65.5 Å². The van der Waals surface area contributed by atoms with Crippen molar-refractivity contribution in [2.45, 2.75) is 25.4 Å². The Bertz CT molecular complexity index is 1170. The molecule has 0 unspecified atom stereocenters. The number of halogens is 3. The van der Waals surface area contributed by atoms with Crippen LogP contribution < -0.4 is 10.2 Å². The van der Waals surface area contributed by atoms with E-state index in [9.17, 15) is 22.8 Å². The summed E-state index contributed by atoms with van der Waals surface area (Å²) in [6.45, 7) is 2.51. The lowest BCUT2D eigenvalue weighted by atomic mass is 10.1. The predicted octanol–water partition coefficient (Wildman–Crippen LogP) is 4.82. The van der Waals surface area contributed by atoms with Crippen LogP contribution in [0.25, 0.3) is 0 Å². The van der Waals surface area contributed by atoms with Gasteiger partial charge in [0.05, 0.1) is 11.1 Å². The normalized spacial score (nSPS) is 13.9. The molecule has 2 amide bonds. The molecule has 2 heterocycles. The number of carbonyl (C=O) groups excluding carboxylic acids is 2. The average Bonchev–Trinajstić information content (AvgIpc) is 2.93. The summed E-state index contributed by atoms with van der Waals surface area (Å²) in [6.07, 6.45) is -0.0140. The molecule has 1 aromatic heterocycles. The van der Waals surface area contributed by atoms with E-state index in [0.717, 1.165) is 31.4 Å². The third kappa shape index (κ3) is 7.09. The SMILES string of the molecule is O=C(NCCCCc1ccccc1)c1ccc(N2CCN(C(=O)c3ccc(C(F)(F)F)cc3)CC2)nc1. The lowest BCUT2D eigenvalue weighted by molar-refractivity contribution is -0.137. The van der Waals surface area contributed by atoms with Gasteiger partial charge in [0, 0.05) is 44.5 Å². The van der Waals surface area contributed by atoms with Gasteiger partial charge in [0.2, 0.25) is 0 Å². The van der Waals surface area contributed by atoms with E-state index in [0.29, 0.717) is 44.1 Å². The van der Waals surface area contributed by atoms with Crippen molar-refractivity contribution >= 4 is 17.6 Å². The zero-order valence-electron chi connectivity index (χ0n) is 20.4. The molecule has 194 valence electrons. The molecule has 3 aromatic rings. The predicted molar refractivity (Wildman–Crippen MR) is 136 cm³/mol. The zero-order valence-corrected chi connectivity index (χ0v) is 20.4. The van der Waals surface area contributed by atoms with Crippen molar-refractivity contribution in [3.63, 3.8) is 0 Å². The lowest BCUT2D eigenvalue weighted by Crippen LogP contribution is -2.49. The molecule has 37 heavy (non-hydrogen) atoms. The number of amides is 2. The number of hydrogen-bond donors (Lipinski definition) is 1. The summed E-state index contributed by atoms with van der Waals surface area (Å²) in [5, 5.41) is 2.93. The Morgan fingerprint density at radius 3 is 2.14 bits per heavy atom. The molecule has 0 saturated carbocycles. The van der Waals surface area contributed by atoms with Gasteiger partial charge in [-0.15, -0.1) is 0 Å². The number of benzene rings is 2. The molecule has 0 aliphatic carbocycles. The fourth-order valence-electron chi connectivity index (χ4n) is 4.23. The molecule has 0 spiro atoms. The summed E-state index contributed by atoms with van der Waals surface area (Å²) in [5.41, 5.74) is 1.23. The number of pyridine rings is 1. The van der Waals surface area contributed by atoms with Crippen molar-refractivity contribution in [1.29, 1.82) is 0 Å². The number of rotatable bonds is 8. The second-order valence-electron chi connectivity index (χ2n) is 8.96. The number of nitrogens with one attached hydrogen (secondary N) is 1. The number of piperazine rings is 1. The number of hydrogen-bond acceptors (Lipinski definition) is 4. The first kappa shape index (κ1) is 26.2. The Balaban J connectivity index is 1.21. The average molecular weight is 511 g/mol. The van der Waals surface area contributed by atoms with Crippen molar-refractivity contribution in [2.24, 2.45) is 0 Å². The Morgan fingerprint density at radius 1 is 0.838 bits per heavy atom. The van der Waals surface area contributed by atoms with E-state index in [2.05, 4.69) is 22.4 Å². The van der Waals surface area contributed by atoms with Crippen LogP contribution in [0.2, 0.25) is 0 Å². The minimum atomic E-state index is -4.43. The standard InChI is InChI=1S/C28H29F3N4O2/c29-28(30,31)24-12-9-22(10-13-24)27(37)35-18-16-34(17-19-35)25-14-11-23(20-33-25)26(36)32-15-5-4-8-21-6-2-1-3-7-21/h1-3,6-7,9-14,20H,4-5,8,15-19H2,(H,32,36). The summed E-state index contributed by atoms with van der Waals surface area (Å²) in [7, 11) is 0. The fourth-order valence-corrected chi connectivity index (χ4v) is 4.23. The summed E-state index contributed by atoms with van der Waals surface area (Å²) < 4.78 is 38.3. The number of unbranched alkanes of at least 4 members (excludes halogenated alkanes) is 1. The van der Waals surface area contributed by atoms with Crippen molar-refractivity contribution in [1.82, 2.24) is 15.2 Å². The Hall–Kier alpha value is -3.88. The van der Waals surface area contributed by atoms with Crippen molar-refractivity contribution in [3.8, 4) is 0 Å². The van der Waals surface area contributed by atoms with Crippen LogP contribution in [0.3, 0.4) is 0 Å². The smallest absolute Gasteiger partial charge is 0.353 e. The quantitative estimate of drug-likeness (QED) is 0.442. The Kier molecular flexibility index (Phi) is 8.43. The Labute approximate surface area is 214 Å². The van der Waals surface area contributed by atoms with Crippen LogP contribution in [0.15, 0.2) is 72.9 Å². The highest BCUT2D eigenvalue weighted by molar-refractivity contribution is 5.95. The maximum atomic E-state index is 12.8. The zero-order chi connectivity index (χ0) is 26.3. The number of carbonyl (C=O) groups is 2. The monoisotopic (exact) mass is 510 g/mol. The maximum absolute atomic E-state index is 12.8. The molecule has 0 atom stereocenters. The molecule has 2 aromatic carbocycles. The third-order valence-corrected chi connectivity index (χ3v) is 6.38. The van der Waals surface area contributed by atoms with E-state index in [1.165, 1.54) is 17.7 Å².